The summed E-state index contributed by atoms with van der Waals surface area (Å²) in [4.78, 5) is 2.69. The average molecular weight is 292 g/mol. The number of rotatable bonds is 4. The minimum absolute atomic E-state index is 0.473. The van der Waals surface area contributed by atoms with Crippen LogP contribution in [0.15, 0.2) is 33.9 Å². The molecule has 0 unspecified atom stereocenters. The molecule has 86 valence electrons. The number of nitrogens with zero attached hydrogens (tertiary/aromatic N) is 4. The Morgan fingerprint density at radius 1 is 1.53 bits per heavy atom. The lowest BCUT2D eigenvalue weighted by molar-refractivity contribution is 0.994. The molecular formula is C11H10BrN5. The number of H-pyrrole nitrogens is 1. The maximum Gasteiger partial charge on any atom is 0.0924 e. The van der Waals surface area contributed by atoms with E-state index >= 15 is 0 Å². The topological polar surface area (TPSA) is 77.4 Å². The summed E-state index contributed by atoms with van der Waals surface area (Å²) in [5, 5.41) is 11.7. The molecule has 1 heterocycles. The molecule has 5 nitrogen and oxygen atoms in total. The Hall–Kier alpha value is -1.78. The number of halogens is 1. The Kier molecular flexibility index (Phi) is 3.80. The molecule has 0 saturated heterocycles. The van der Waals surface area contributed by atoms with E-state index in [0.29, 0.717) is 6.54 Å². The summed E-state index contributed by atoms with van der Waals surface area (Å²) in [6.07, 6.45) is 4.60. The van der Waals surface area contributed by atoms with Gasteiger partial charge in [-0.25, -0.2) is 0 Å². The fourth-order valence-corrected chi connectivity index (χ4v) is 1.87. The summed E-state index contributed by atoms with van der Waals surface area (Å²) in [5.74, 6) is 0. The van der Waals surface area contributed by atoms with Crippen molar-refractivity contribution in [3.63, 3.8) is 0 Å². The molecule has 17 heavy (non-hydrogen) atoms. The minimum atomic E-state index is 0.473. The molecule has 0 spiro atoms. The van der Waals surface area contributed by atoms with Crippen LogP contribution in [0.2, 0.25) is 0 Å². The predicted molar refractivity (Wildman–Crippen MR) is 71.5 cm³/mol. The molecule has 0 aliphatic heterocycles. The highest BCUT2D eigenvalue weighted by Gasteiger charge is 2.01. The zero-order valence-electron chi connectivity index (χ0n) is 8.97. The van der Waals surface area contributed by atoms with Gasteiger partial charge in [0.05, 0.1) is 11.2 Å². The fourth-order valence-electron chi connectivity index (χ4n) is 1.51. The Morgan fingerprint density at radius 3 is 3.24 bits per heavy atom. The number of nitrogens with one attached hydrogen (secondary N) is 1. The first kappa shape index (κ1) is 11.7. The highest BCUT2D eigenvalue weighted by molar-refractivity contribution is 9.10. The van der Waals surface area contributed by atoms with Gasteiger partial charge in [-0.15, -0.1) is 0 Å². The second-order valence-corrected chi connectivity index (χ2v) is 4.36. The molecule has 0 aliphatic carbocycles. The van der Waals surface area contributed by atoms with Crippen LogP contribution in [0.1, 0.15) is 12.1 Å². The maximum atomic E-state index is 8.13. The zero-order chi connectivity index (χ0) is 12.1. The van der Waals surface area contributed by atoms with E-state index in [-0.39, 0.29) is 0 Å². The van der Waals surface area contributed by atoms with Gasteiger partial charge in [0.15, 0.2) is 0 Å². The van der Waals surface area contributed by atoms with Crippen LogP contribution in [0.4, 0.5) is 0 Å². The number of aromatic nitrogens is 2. The van der Waals surface area contributed by atoms with Crippen molar-refractivity contribution in [1.82, 2.24) is 10.2 Å². The summed E-state index contributed by atoms with van der Waals surface area (Å²) < 4.78 is 1.02. The van der Waals surface area contributed by atoms with Crippen molar-refractivity contribution in [3.05, 3.63) is 44.9 Å². The van der Waals surface area contributed by atoms with Gasteiger partial charge in [0.2, 0.25) is 0 Å². The molecular weight excluding hydrogens is 282 g/mol. The summed E-state index contributed by atoms with van der Waals surface area (Å²) in [7, 11) is 0. The van der Waals surface area contributed by atoms with E-state index in [1.807, 2.05) is 30.4 Å². The van der Waals surface area contributed by atoms with Gasteiger partial charge in [-0.3, -0.25) is 5.10 Å². The van der Waals surface area contributed by atoms with Gasteiger partial charge in [0, 0.05) is 21.3 Å². The third-order valence-electron chi connectivity index (χ3n) is 2.29. The minimum Gasteiger partial charge on any atom is -0.277 e. The Labute approximate surface area is 106 Å². The van der Waals surface area contributed by atoms with Crippen molar-refractivity contribution >= 4 is 32.9 Å². The number of azide groups is 1. The van der Waals surface area contributed by atoms with Gasteiger partial charge in [-0.1, -0.05) is 27.1 Å². The molecule has 2 aromatic rings. The van der Waals surface area contributed by atoms with Crippen molar-refractivity contribution in [3.8, 4) is 0 Å². The summed E-state index contributed by atoms with van der Waals surface area (Å²) in [6, 6.07) is 5.98. The van der Waals surface area contributed by atoms with Crippen molar-refractivity contribution in [1.29, 1.82) is 0 Å². The molecule has 0 bridgehead atoms. The van der Waals surface area contributed by atoms with Crippen LogP contribution in [0.25, 0.3) is 27.4 Å². The largest absolute Gasteiger partial charge is 0.277 e. The smallest absolute Gasteiger partial charge is 0.0924 e. The van der Waals surface area contributed by atoms with E-state index in [2.05, 4.69) is 36.2 Å². The van der Waals surface area contributed by atoms with Gasteiger partial charge in [0.25, 0.3) is 0 Å². The third kappa shape index (κ3) is 2.87. The lowest BCUT2D eigenvalue weighted by Crippen LogP contribution is -1.75. The van der Waals surface area contributed by atoms with Gasteiger partial charge in [-0.05, 0) is 36.2 Å². The Balaban J connectivity index is 2.16. The third-order valence-corrected chi connectivity index (χ3v) is 2.78. The number of hydrogen-bond donors (Lipinski definition) is 1. The predicted octanol–water partition coefficient (Wildman–Crippen LogP) is 4.04. The molecule has 6 heteroatoms. The molecule has 0 aliphatic rings. The van der Waals surface area contributed by atoms with Crippen LogP contribution < -0.4 is 0 Å². The number of aromatic amines is 1. The van der Waals surface area contributed by atoms with Crippen molar-refractivity contribution in [2.24, 2.45) is 5.11 Å². The number of benzene rings is 1. The van der Waals surface area contributed by atoms with E-state index < -0.39 is 0 Å². The van der Waals surface area contributed by atoms with Gasteiger partial charge < -0.3 is 0 Å². The molecule has 0 amide bonds. The molecule has 1 aromatic heterocycles. The van der Waals surface area contributed by atoms with Crippen molar-refractivity contribution in [2.75, 3.05) is 6.54 Å². The Morgan fingerprint density at radius 2 is 2.41 bits per heavy atom. The fraction of sp³-hybridized carbons (Fsp3) is 0.182. The van der Waals surface area contributed by atoms with E-state index in [9.17, 15) is 0 Å². The highest BCUT2D eigenvalue weighted by atomic mass is 79.9. The quantitative estimate of drug-likeness (QED) is 0.392. The summed E-state index contributed by atoms with van der Waals surface area (Å²) in [6.45, 7) is 0.473. The van der Waals surface area contributed by atoms with Gasteiger partial charge in [-0.2, -0.15) is 5.10 Å². The van der Waals surface area contributed by atoms with Gasteiger partial charge in [0.1, 0.15) is 0 Å². The average Bonchev–Trinajstić information content (AvgIpc) is 2.71. The first-order valence-corrected chi connectivity index (χ1v) is 5.91. The first-order valence-electron chi connectivity index (χ1n) is 5.12. The SMILES string of the molecule is [N-]=[N+]=NCCC=Cc1n[nH]c2cc(Br)ccc12. The van der Waals surface area contributed by atoms with Crippen molar-refractivity contribution in [2.45, 2.75) is 6.42 Å². The van der Waals surface area contributed by atoms with Crippen LogP contribution >= 0.6 is 15.9 Å². The van der Waals surface area contributed by atoms with Crippen LogP contribution in [0.3, 0.4) is 0 Å². The lowest BCUT2D eigenvalue weighted by Gasteiger charge is -1.91. The van der Waals surface area contributed by atoms with Crippen LogP contribution in [0.5, 0.6) is 0 Å². The second-order valence-electron chi connectivity index (χ2n) is 3.44. The Bertz CT molecular complexity index is 595. The lowest BCUT2D eigenvalue weighted by atomic mass is 10.2. The van der Waals surface area contributed by atoms with E-state index in [0.717, 1.165) is 27.5 Å². The second kappa shape index (κ2) is 5.52. The van der Waals surface area contributed by atoms with Gasteiger partial charge >= 0.3 is 0 Å². The molecule has 1 N–H and O–H groups in total. The van der Waals surface area contributed by atoms with Crippen LogP contribution in [-0.2, 0) is 0 Å². The number of hydrogen-bond acceptors (Lipinski definition) is 2. The summed E-state index contributed by atoms with van der Waals surface area (Å²) in [5.41, 5.74) is 10.0. The number of fused-ring (bicyclic) bond motifs is 1. The van der Waals surface area contributed by atoms with E-state index in [1.165, 1.54) is 0 Å². The normalized spacial score (nSPS) is 10.9. The van der Waals surface area contributed by atoms with Crippen LogP contribution in [-0.4, -0.2) is 16.7 Å². The zero-order valence-corrected chi connectivity index (χ0v) is 10.6. The summed E-state index contributed by atoms with van der Waals surface area (Å²) >= 11 is 3.41. The highest BCUT2D eigenvalue weighted by Crippen LogP contribution is 2.21. The molecule has 0 saturated carbocycles. The standard InChI is InChI=1S/C11H10BrN5/c12-8-4-5-9-10(15-16-11(9)7-8)3-1-2-6-14-17-13/h1,3-5,7H,2,6H2,(H,15,16). The first-order chi connectivity index (χ1) is 8.31. The molecule has 0 fully saturated rings. The molecule has 1 aromatic carbocycles. The molecule has 0 atom stereocenters. The molecule has 2 rings (SSSR count). The maximum absolute atomic E-state index is 8.13. The van der Waals surface area contributed by atoms with Crippen molar-refractivity contribution < 1.29 is 0 Å². The molecule has 0 radical (unpaired) electrons. The van der Waals surface area contributed by atoms with E-state index in [4.69, 9.17) is 5.53 Å². The van der Waals surface area contributed by atoms with E-state index in [1.54, 1.807) is 0 Å². The van der Waals surface area contributed by atoms with Crippen LogP contribution in [0, 0.1) is 0 Å². The monoisotopic (exact) mass is 291 g/mol.